The minimum Gasteiger partial charge on any atom is -0.377 e. The second kappa shape index (κ2) is 9.67. The number of hydrogen-bond acceptors (Lipinski definition) is 3. The molecule has 0 aliphatic rings. The minimum atomic E-state index is -0.475. The normalized spacial score (nSPS) is 14.4. The van der Waals surface area contributed by atoms with Crippen LogP contribution in [0.2, 0.25) is 0 Å². The monoisotopic (exact) mass is 314 g/mol. The molecule has 0 saturated carbocycles. The molecule has 3 heteroatoms. The van der Waals surface area contributed by atoms with E-state index in [1.165, 1.54) is 0 Å². The third kappa shape index (κ3) is 3.91. The number of methoxy groups -OCH3 is 1. The second-order valence-electron chi connectivity index (χ2n) is 6.28. The van der Waals surface area contributed by atoms with Crippen molar-refractivity contribution in [3.63, 3.8) is 0 Å². The average molecular weight is 315 g/mol. The summed E-state index contributed by atoms with van der Waals surface area (Å²) in [6.07, 6.45) is 4.91. The third-order valence-electron chi connectivity index (χ3n) is 5.76. The summed E-state index contributed by atoms with van der Waals surface area (Å²) in [5.74, 6) is 0.204. The van der Waals surface area contributed by atoms with Crippen LogP contribution in [0.3, 0.4) is 0 Å². The Kier molecular flexibility index (Phi) is 9.49. The van der Waals surface area contributed by atoms with Gasteiger partial charge in [0.1, 0.15) is 6.10 Å². The molecule has 1 atom stereocenters. The first-order chi connectivity index (χ1) is 10.4. The van der Waals surface area contributed by atoms with Gasteiger partial charge < -0.3 is 9.47 Å². The van der Waals surface area contributed by atoms with Crippen LogP contribution in [0.4, 0.5) is 0 Å². The highest BCUT2D eigenvalue weighted by atomic mass is 16.5. The van der Waals surface area contributed by atoms with Crippen LogP contribution in [0.15, 0.2) is 0 Å². The zero-order valence-electron chi connectivity index (χ0n) is 16.1. The maximum absolute atomic E-state index is 13.3. The van der Waals surface area contributed by atoms with Gasteiger partial charge in [-0.15, -0.1) is 0 Å². The van der Waals surface area contributed by atoms with Crippen LogP contribution >= 0.6 is 0 Å². The fraction of sp³-hybridized carbons (Fsp3) is 0.947. The summed E-state index contributed by atoms with van der Waals surface area (Å²) < 4.78 is 12.0. The molecule has 1 unspecified atom stereocenters. The zero-order valence-corrected chi connectivity index (χ0v) is 16.1. The molecule has 0 bridgehead atoms. The lowest BCUT2D eigenvalue weighted by Gasteiger charge is -2.48. The number of hydrogen-bond donors (Lipinski definition) is 0. The molecular formula is C19H38O3. The van der Waals surface area contributed by atoms with Crippen molar-refractivity contribution in [2.45, 2.75) is 105 Å². The van der Waals surface area contributed by atoms with Gasteiger partial charge in [-0.25, -0.2) is 0 Å². The fourth-order valence-electron chi connectivity index (χ4n) is 4.10. The Morgan fingerprint density at radius 3 is 1.64 bits per heavy atom. The predicted octanol–water partition coefficient (Wildman–Crippen LogP) is 5.16. The Bertz CT molecular complexity index is 304. The van der Waals surface area contributed by atoms with Crippen LogP contribution in [0.1, 0.15) is 87.0 Å². The van der Waals surface area contributed by atoms with Crippen molar-refractivity contribution in [3.05, 3.63) is 0 Å². The van der Waals surface area contributed by atoms with E-state index < -0.39 is 11.0 Å². The highest BCUT2D eigenvalue weighted by Crippen LogP contribution is 2.47. The van der Waals surface area contributed by atoms with Crippen molar-refractivity contribution in [1.82, 2.24) is 0 Å². The van der Waals surface area contributed by atoms with Crippen molar-refractivity contribution >= 4 is 5.78 Å². The molecule has 0 N–H and O–H groups in total. The Labute approximate surface area is 138 Å². The average Bonchev–Trinajstić information content (AvgIpc) is 2.57. The quantitative estimate of drug-likeness (QED) is 0.499. The number of carbonyl (C=O) groups is 1. The second-order valence-corrected chi connectivity index (χ2v) is 6.28. The number of ketones is 1. The number of rotatable bonds is 12. The lowest BCUT2D eigenvalue weighted by molar-refractivity contribution is -0.172. The summed E-state index contributed by atoms with van der Waals surface area (Å²) in [5.41, 5.74) is -0.879. The van der Waals surface area contributed by atoms with Gasteiger partial charge in [0.05, 0.1) is 17.1 Å². The smallest absolute Gasteiger partial charge is 0.170 e. The Morgan fingerprint density at radius 2 is 1.36 bits per heavy atom. The summed E-state index contributed by atoms with van der Waals surface area (Å²) in [4.78, 5) is 13.3. The highest BCUT2D eigenvalue weighted by molar-refractivity contribution is 5.90. The molecule has 132 valence electrons. The van der Waals surface area contributed by atoms with Gasteiger partial charge in [0.2, 0.25) is 0 Å². The molecule has 0 heterocycles. The summed E-state index contributed by atoms with van der Waals surface area (Å²) in [7, 11) is 1.74. The molecular weight excluding hydrogens is 276 g/mol. The van der Waals surface area contributed by atoms with Crippen molar-refractivity contribution in [2.75, 3.05) is 7.11 Å². The number of Topliss-reactive ketones (excluding diaryl/α,β-unsaturated/α-hetero) is 1. The van der Waals surface area contributed by atoms with E-state index >= 15 is 0 Å². The molecule has 3 nitrogen and oxygen atoms in total. The van der Waals surface area contributed by atoms with Crippen LogP contribution in [-0.2, 0) is 14.3 Å². The van der Waals surface area contributed by atoms with E-state index in [9.17, 15) is 4.79 Å². The van der Waals surface area contributed by atoms with Gasteiger partial charge in [0.15, 0.2) is 5.78 Å². The Morgan fingerprint density at radius 1 is 0.909 bits per heavy atom. The third-order valence-corrected chi connectivity index (χ3v) is 5.76. The molecule has 0 radical (unpaired) electrons. The molecule has 0 aliphatic heterocycles. The minimum absolute atomic E-state index is 0.158. The molecule has 0 saturated heterocycles. The maximum Gasteiger partial charge on any atom is 0.170 e. The predicted molar refractivity (Wildman–Crippen MR) is 93.3 cm³/mol. The first kappa shape index (κ1) is 21.6. The standard InChI is InChI=1S/C19H38O3/c1-9-16(10-2)22-15(7)17(20)18(11-3,12-4)19(13-5,14-6)21-8/h15-16H,9-14H2,1-8H3. The first-order valence-electron chi connectivity index (χ1n) is 9.13. The van der Waals surface area contributed by atoms with Crippen molar-refractivity contribution in [1.29, 1.82) is 0 Å². The summed E-state index contributed by atoms with van der Waals surface area (Å²) >= 11 is 0. The molecule has 0 aromatic carbocycles. The van der Waals surface area contributed by atoms with Gasteiger partial charge in [0.25, 0.3) is 0 Å². The van der Waals surface area contributed by atoms with E-state index in [1.54, 1.807) is 7.11 Å². The molecule has 0 aromatic heterocycles. The van der Waals surface area contributed by atoms with Gasteiger partial charge in [0, 0.05) is 7.11 Å². The van der Waals surface area contributed by atoms with Gasteiger partial charge in [-0.2, -0.15) is 0 Å². The van der Waals surface area contributed by atoms with Crippen molar-refractivity contribution in [2.24, 2.45) is 5.41 Å². The largest absolute Gasteiger partial charge is 0.377 e. The van der Waals surface area contributed by atoms with Crippen LogP contribution < -0.4 is 0 Å². The van der Waals surface area contributed by atoms with Crippen LogP contribution in [0, 0.1) is 5.41 Å². The van der Waals surface area contributed by atoms with Gasteiger partial charge in [-0.3, -0.25) is 4.79 Å². The molecule has 22 heavy (non-hydrogen) atoms. The van der Waals surface area contributed by atoms with Crippen LogP contribution in [-0.4, -0.2) is 30.7 Å². The lowest BCUT2D eigenvalue weighted by Crippen LogP contribution is -2.56. The number of carbonyl (C=O) groups excluding carboxylic acids is 1. The van der Waals surface area contributed by atoms with E-state index in [2.05, 4.69) is 41.5 Å². The van der Waals surface area contributed by atoms with Crippen LogP contribution in [0.5, 0.6) is 0 Å². The zero-order chi connectivity index (χ0) is 17.4. The Hall–Kier alpha value is -0.410. The van der Waals surface area contributed by atoms with Gasteiger partial charge in [-0.05, 0) is 45.4 Å². The maximum atomic E-state index is 13.3. The summed E-state index contributed by atoms with van der Waals surface area (Å²) in [5, 5.41) is 0. The topological polar surface area (TPSA) is 35.5 Å². The molecule has 0 amide bonds. The van der Waals surface area contributed by atoms with Crippen molar-refractivity contribution in [3.8, 4) is 0 Å². The SMILES string of the molecule is CCC(CC)OC(C)C(=O)C(CC)(CC)C(CC)(CC)OC. The van der Waals surface area contributed by atoms with E-state index in [1.807, 2.05) is 6.92 Å². The highest BCUT2D eigenvalue weighted by Gasteiger charge is 2.53. The Balaban J connectivity index is 5.59. The van der Waals surface area contributed by atoms with Gasteiger partial charge >= 0.3 is 0 Å². The fourth-order valence-corrected chi connectivity index (χ4v) is 4.10. The first-order valence-corrected chi connectivity index (χ1v) is 9.13. The lowest BCUT2D eigenvalue weighted by atomic mass is 9.62. The van der Waals surface area contributed by atoms with E-state index in [0.29, 0.717) is 0 Å². The molecule has 0 rings (SSSR count). The molecule has 0 spiro atoms. The van der Waals surface area contributed by atoms with E-state index in [-0.39, 0.29) is 18.0 Å². The molecule has 0 aliphatic carbocycles. The van der Waals surface area contributed by atoms with Crippen molar-refractivity contribution < 1.29 is 14.3 Å². The summed E-state index contributed by atoms with van der Waals surface area (Å²) in [6, 6.07) is 0. The molecule has 0 aromatic rings. The van der Waals surface area contributed by atoms with Gasteiger partial charge in [-0.1, -0.05) is 41.5 Å². The van der Waals surface area contributed by atoms with Crippen LogP contribution in [0.25, 0.3) is 0 Å². The number of ether oxygens (including phenoxy) is 2. The summed E-state index contributed by atoms with van der Waals surface area (Å²) in [6.45, 7) is 14.6. The van der Waals surface area contributed by atoms with E-state index in [0.717, 1.165) is 38.5 Å². The molecule has 0 fully saturated rings. The van der Waals surface area contributed by atoms with E-state index in [4.69, 9.17) is 9.47 Å².